The molecule has 0 aromatic carbocycles. The Kier molecular flexibility index (Phi) is 51.2. The number of hydrogen-bond acceptors (Lipinski definition) is 8. The first-order valence-corrected chi connectivity index (χ1v) is 31.7. The highest BCUT2D eigenvalue weighted by molar-refractivity contribution is 5.76. The van der Waals surface area contributed by atoms with Gasteiger partial charge in [-0.05, 0) is 57.8 Å². The molecule has 0 radical (unpaired) electrons. The van der Waals surface area contributed by atoms with Crippen molar-refractivity contribution in [2.45, 2.75) is 352 Å². The predicted octanol–water partition coefficient (Wildman–Crippen LogP) is 16.3. The molecule has 0 aromatic heterocycles. The lowest BCUT2D eigenvalue weighted by molar-refractivity contribution is -0.302. The lowest BCUT2D eigenvalue weighted by Crippen LogP contribution is -2.60. The summed E-state index contributed by atoms with van der Waals surface area (Å²) in [5.74, 6) is -0.182. The van der Waals surface area contributed by atoms with E-state index in [9.17, 15) is 30.3 Å². The number of amides is 1. The van der Waals surface area contributed by atoms with Crippen molar-refractivity contribution in [1.29, 1.82) is 0 Å². The minimum Gasteiger partial charge on any atom is -0.394 e. The molecule has 1 fully saturated rings. The summed E-state index contributed by atoms with van der Waals surface area (Å²) in [6.07, 6.45) is 63.7. The second kappa shape index (κ2) is 53.8. The lowest BCUT2D eigenvalue weighted by atomic mass is 9.99. The second-order valence-electron chi connectivity index (χ2n) is 22.2. The Morgan fingerprint density at radius 2 is 0.781 bits per heavy atom. The smallest absolute Gasteiger partial charge is 0.220 e. The minimum absolute atomic E-state index is 0.182. The van der Waals surface area contributed by atoms with Gasteiger partial charge < -0.3 is 40.3 Å². The van der Waals surface area contributed by atoms with Crippen LogP contribution in [-0.2, 0) is 14.3 Å². The van der Waals surface area contributed by atoms with Crippen LogP contribution in [0.3, 0.4) is 0 Å². The van der Waals surface area contributed by atoms with Gasteiger partial charge >= 0.3 is 0 Å². The zero-order valence-corrected chi connectivity index (χ0v) is 47.9. The van der Waals surface area contributed by atoms with Crippen LogP contribution >= 0.6 is 0 Å². The number of aliphatic hydroxyl groups is 5. The highest BCUT2D eigenvalue weighted by Crippen LogP contribution is 2.23. The molecular formula is C64H121NO8. The number of aliphatic hydroxyl groups excluding tert-OH is 5. The molecular weight excluding hydrogens is 911 g/mol. The normalized spacial score (nSPS) is 19.2. The molecule has 1 saturated heterocycles. The van der Waals surface area contributed by atoms with Crippen molar-refractivity contribution in [3.8, 4) is 0 Å². The van der Waals surface area contributed by atoms with E-state index < -0.39 is 49.5 Å². The SMILES string of the molecule is CCCCCCCCCC/C=C\CCCCCCCCCCCCCCCCCC(=O)NC(COC1OC(CO)C(O)C(O)C1O)C(O)/C=C/CC/C=C/CCCCCCCCCCCCCCCCCCC. The van der Waals surface area contributed by atoms with Crippen molar-refractivity contribution >= 4 is 5.91 Å². The van der Waals surface area contributed by atoms with Crippen LogP contribution in [0.4, 0.5) is 0 Å². The first-order valence-electron chi connectivity index (χ1n) is 31.7. The zero-order valence-electron chi connectivity index (χ0n) is 47.9. The maximum absolute atomic E-state index is 13.1. The maximum atomic E-state index is 13.1. The molecule has 7 atom stereocenters. The highest BCUT2D eigenvalue weighted by Gasteiger charge is 2.44. The van der Waals surface area contributed by atoms with Crippen molar-refractivity contribution in [3.63, 3.8) is 0 Å². The molecule has 1 amide bonds. The van der Waals surface area contributed by atoms with Crippen molar-refractivity contribution in [2.75, 3.05) is 13.2 Å². The van der Waals surface area contributed by atoms with Gasteiger partial charge in [-0.1, -0.05) is 281 Å². The minimum atomic E-state index is -1.57. The van der Waals surface area contributed by atoms with Crippen molar-refractivity contribution < 1.29 is 39.8 Å². The monoisotopic (exact) mass is 1030 g/mol. The van der Waals surface area contributed by atoms with Crippen molar-refractivity contribution in [3.05, 3.63) is 36.5 Å². The molecule has 6 N–H and O–H groups in total. The van der Waals surface area contributed by atoms with Gasteiger partial charge in [0.05, 0.1) is 25.4 Å². The molecule has 1 rings (SSSR count). The van der Waals surface area contributed by atoms with Gasteiger partial charge in [0, 0.05) is 6.42 Å². The lowest BCUT2D eigenvalue weighted by Gasteiger charge is -2.40. The Labute approximate surface area is 451 Å². The number of carbonyl (C=O) groups excluding carboxylic acids is 1. The fraction of sp³-hybridized carbons (Fsp3) is 0.891. The third-order valence-electron chi connectivity index (χ3n) is 15.2. The molecule has 0 saturated carbocycles. The van der Waals surface area contributed by atoms with E-state index in [0.29, 0.717) is 6.42 Å². The Hall–Kier alpha value is -1.59. The molecule has 0 aliphatic carbocycles. The van der Waals surface area contributed by atoms with E-state index in [2.05, 4.69) is 43.5 Å². The average Bonchev–Trinajstić information content (AvgIpc) is 3.39. The van der Waals surface area contributed by atoms with Crippen molar-refractivity contribution in [1.82, 2.24) is 5.32 Å². The molecule has 0 spiro atoms. The van der Waals surface area contributed by atoms with Crippen LogP contribution in [0.2, 0.25) is 0 Å². The Morgan fingerprint density at radius 3 is 1.15 bits per heavy atom. The summed E-state index contributed by atoms with van der Waals surface area (Å²) in [5.41, 5.74) is 0. The Bertz CT molecular complexity index is 1240. The zero-order chi connectivity index (χ0) is 52.9. The highest BCUT2D eigenvalue weighted by atomic mass is 16.7. The molecule has 9 nitrogen and oxygen atoms in total. The summed E-state index contributed by atoms with van der Waals surface area (Å²) >= 11 is 0. The molecule has 7 unspecified atom stereocenters. The fourth-order valence-electron chi connectivity index (χ4n) is 10.2. The number of nitrogens with one attached hydrogen (secondary N) is 1. The molecule has 430 valence electrons. The van der Waals surface area contributed by atoms with E-state index in [1.807, 2.05) is 6.08 Å². The van der Waals surface area contributed by atoms with Gasteiger partial charge in [0.25, 0.3) is 0 Å². The van der Waals surface area contributed by atoms with E-state index in [4.69, 9.17) is 9.47 Å². The van der Waals surface area contributed by atoms with Gasteiger partial charge in [0.2, 0.25) is 5.91 Å². The molecule has 1 aliphatic heterocycles. The number of carbonyl (C=O) groups is 1. The second-order valence-corrected chi connectivity index (χ2v) is 22.2. The Balaban J connectivity index is 2.19. The predicted molar refractivity (Wildman–Crippen MR) is 309 cm³/mol. The largest absolute Gasteiger partial charge is 0.394 e. The fourth-order valence-corrected chi connectivity index (χ4v) is 10.2. The first-order chi connectivity index (χ1) is 35.8. The molecule has 73 heavy (non-hydrogen) atoms. The summed E-state index contributed by atoms with van der Waals surface area (Å²) in [5, 5.41) is 54.6. The van der Waals surface area contributed by atoms with Crippen LogP contribution in [0.1, 0.15) is 309 Å². The number of ether oxygens (including phenoxy) is 2. The third kappa shape index (κ3) is 43.1. The van der Waals surface area contributed by atoms with Gasteiger partial charge in [0.15, 0.2) is 6.29 Å². The van der Waals surface area contributed by atoms with E-state index in [1.54, 1.807) is 6.08 Å². The number of unbranched alkanes of at least 4 members (excludes halogenated alkanes) is 41. The number of rotatable bonds is 55. The van der Waals surface area contributed by atoms with E-state index >= 15 is 0 Å². The molecule has 0 aromatic rings. The molecule has 1 aliphatic rings. The summed E-state index contributed by atoms with van der Waals surface area (Å²) < 4.78 is 11.3. The summed E-state index contributed by atoms with van der Waals surface area (Å²) in [4.78, 5) is 13.1. The third-order valence-corrected chi connectivity index (χ3v) is 15.2. The van der Waals surface area contributed by atoms with E-state index in [1.165, 1.54) is 250 Å². The van der Waals surface area contributed by atoms with Crippen LogP contribution in [0.5, 0.6) is 0 Å². The standard InChI is InChI=1S/C64H121NO8/c1-3-5-7-9-11-13-15-17-19-21-23-25-27-28-29-30-32-34-36-38-40-42-44-46-48-50-52-54-60(68)65-57(56-72-64-63(71)62(70)61(69)59(55-66)73-64)58(67)53-51-49-47-45-43-41-39-37-35-33-31-26-24-22-20-18-16-14-12-10-8-6-4-2/h21,23,43,45,51,53,57-59,61-64,66-67,69-71H,3-20,22,24-42,44,46-50,52,54-56H2,1-2H3,(H,65,68)/b23-21-,45-43+,53-51+. The quantitative estimate of drug-likeness (QED) is 0.0261. The average molecular weight is 1030 g/mol. The Morgan fingerprint density at radius 1 is 0.452 bits per heavy atom. The topological polar surface area (TPSA) is 149 Å². The van der Waals surface area contributed by atoms with Gasteiger partial charge in [-0.3, -0.25) is 4.79 Å². The van der Waals surface area contributed by atoms with Gasteiger partial charge in [-0.25, -0.2) is 0 Å². The summed E-state index contributed by atoms with van der Waals surface area (Å²) in [6, 6.07) is -0.821. The van der Waals surface area contributed by atoms with E-state index in [0.717, 1.165) is 38.5 Å². The molecule has 1 heterocycles. The molecule has 9 heteroatoms. The van der Waals surface area contributed by atoms with E-state index in [-0.39, 0.29) is 12.5 Å². The van der Waals surface area contributed by atoms with Crippen LogP contribution in [0, 0.1) is 0 Å². The van der Waals surface area contributed by atoms with Gasteiger partial charge in [0.1, 0.15) is 24.4 Å². The summed E-state index contributed by atoms with van der Waals surface area (Å²) in [6.45, 7) is 3.80. The number of allylic oxidation sites excluding steroid dienone is 5. The molecule has 0 bridgehead atoms. The van der Waals surface area contributed by atoms with Crippen LogP contribution in [-0.4, -0.2) is 87.5 Å². The van der Waals surface area contributed by atoms with Gasteiger partial charge in [-0.2, -0.15) is 0 Å². The first kappa shape index (κ1) is 69.4. The van der Waals surface area contributed by atoms with Crippen LogP contribution < -0.4 is 5.32 Å². The van der Waals surface area contributed by atoms with Crippen molar-refractivity contribution in [2.24, 2.45) is 0 Å². The van der Waals surface area contributed by atoms with Crippen LogP contribution in [0.25, 0.3) is 0 Å². The van der Waals surface area contributed by atoms with Gasteiger partial charge in [-0.15, -0.1) is 0 Å². The maximum Gasteiger partial charge on any atom is 0.220 e. The number of hydrogen-bond donors (Lipinski definition) is 6. The summed E-state index contributed by atoms with van der Waals surface area (Å²) in [7, 11) is 0. The van der Waals surface area contributed by atoms with Crippen LogP contribution in [0.15, 0.2) is 36.5 Å².